The van der Waals surface area contributed by atoms with E-state index < -0.39 is 11.6 Å². The molecule has 0 saturated carbocycles. The maximum absolute atomic E-state index is 13.1. The number of halogens is 2. The Kier molecular flexibility index (Phi) is 5.16. The maximum Gasteiger partial charge on any atom is 0.238 e. The predicted molar refractivity (Wildman–Crippen MR) is 75.0 cm³/mol. The molecular weight excluding hydrogens is 276 g/mol. The Morgan fingerprint density at radius 3 is 2.52 bits per heavy atom. The zero-order valence-corrected chi connectivity index (χ0v) is 11.9. The van der Waals surface area contributed by atoms with Crippen molar-refractivity contribution < 1.29 is 13.5 Å². The van der Waals surface area contributed by atoms with Gasteiger partial charge in [-0.25, -0.2) is 13.8 Å². The Morgan fingerprint density at radius 2 is 1.86 bits per heavy atom. The van der Waals surface area contributed by atoms with Gasteiger partial charge in [0.1, 0.15) is 17.4 Å². The average Bonchev–Trinajstić information content (AvgIpc) is 2.37. The van der Waals surface area contributed by atoms with E-state index in [1.54, 1.807) is 6.20 Å². The predicted octanol–water partition coefficient (Wildman–Crippen LogP) is 3.29. The number of aromatic nitrogens is 2. The van der Waals surface area contributed by atoms with Gasteiger partial charge in [-0.1, -0.05) is 13.8 Å². The molecule has 0 aliphatic carbocycles. The van der Waals surface area contributed by atoms with E-state index >= 15 is 0 Å². The molecular formula is C15H17F2N3O. The van der Waals surface area contributed by atoms with Crippen LogP contribution in [0.2, 0.25) is 0 Å². The summed E-state index contributed by atoms with van der Waals surface area (Å²) in [6.45, 7) is 5.63. The fourth-order valence-electron chi connectivity index (χ4n) is 1.72. The van der Waals surface area contributed by atoms with Crippen LogP contribution in [0, 0.1) is 17.6 Å². The molecule has 2 rings (SSSR count). The average molecular weight is 293 g/mol. The van der Waals surface area contributed by atoms with E-state index in [2.05, 4.69) is 29.1 Å². The van der Waals surface area contributed by atoms with Gasteiger partial charge >= 0.3 is 0 Å². The van der Waals surface area contributed by atoms with Crippen LogP contribution in [-0.4, -0.2) is 16.5 Å². The molecule has 0 bridgehead atoms. The molecule has 1 aromatic carbocycles. The number of benzene rings is 1. The van der Waals surface area contributed by atoms with Gasteiger partial charge in [-0.05, 0) is 12.5 Å². The van der Waals surface area contributed by atoms with Crippen molar-refractivity contribution in [1.29, 1.82) is 0 Å². The van der Waals surface area contributed by atoms with Crippen molar-refractivity contribution in [3.63, 3.8) is 0 Å². The number of nitrogens with one attached hydrogen (secondary N) is 1. The SMILES string of the molecule is CC(C)CNCc1cncc(Oc2cc(F)cc(F)c2)n1. The van der Waals surface area contributed by atoms with E-state index in [-0.39, 0.29) is 11.6 Å². The van der Waals surface area contributed by atoms with Crippen LogP contribution < -0.4 is 10.1 Å². The Bertz CT molecular complexity index is 585. The second-order valence-electron chi connectivity index (χ2n) is 5.08. The molecule has 21 heavy (non-hydrogen) atoms. The van der Waals surface area contributed by atoms with E-state index in [1.165, 1.54) is 6.20 Å². The van der Waals surface area contributed by atoms with Crippen molar-refractivity contribution >= 4 is 0 Å². The first-order chi connectivity index (χ1) is 10.0. The minimum Gasteiger partial charge on any atom is -0.437 e. The summed E-state index contributed by atoms with van der Waals surface area (Å²) in [7, 11) is 0. The number of rotatable bonds is 6. The van der Waals surface area contributed by atoms with E-state index in [0.29, 0.717) is 18.2 Å². The molecule has 0 spiro atoms. The fourth-order valence-corrected chi connectivity index (χ4v) is 1.72. The van der Waals surface area contributed by atoms with Crippen LogP contribution in [0.25, 0.3) is 0 Å². The Labute approximate surface area is 122 Å². The molecule has 1 N–H and O–H groups in total. The summed E-state index contributed by atoms with van der Waals surface area (Å²) in [5.41, 5.74) is 0.699. The van der Waals surface area contributed by atoms with Gasteiger partial charge in [-0.3, -0.25) is 4.98 Å². The summed E-state index contributed by atoms with van der Waals surface area (Å²) in [4.78, 5) is 8.24. The highest BCUT2D eigenvalue weighted by molar-refractivity contribution is 5.27. The first-order valence-electron chi connectivity index (χ1n) is 6.68. The number of hydrogen-bond donors (Lipinski definition) is 1. The Hall–Kier alpha value is -2.08. The molecule has 0 atom stereocenters. The lowest BCUT2D eigenvalue weighted by molar-refractivity contribution is 0.445. The summed E-state index contributed by atoms with van der Waals surface area (Å²) in [5, 5.41) is 3.23. The monoisotopic (exact) mass is 293 g/mol. The highest BCUT2D eigenvalue weighted by Crippen LogP contribution is 2.21. The molecule has 0 radical (unpaired) electrons. The maximum atomic E-state index is 13.1. The van der Waals surface area contributed by atoms with E-state index in [9.17, 15) is 8.78 Å². The fraction of sp³-hybridized carbons (Fsp3) is 0.333. The summed E-state index contributed by atoms with van der Waals surface area (Å²) in [5.74, 6) is -0.619. The molecule has 0 fully saturated rings. The smallest absolute Gasteiger partial charge is 0.238 e. The van der Waals surface area contributed by atoms with Crippen molar-refractivity contribution in [2.24, 2.45) is 5.92 Å². The summed E-state index contributed by atoms with van der Waals surface area (Å²) < 4.78 is 31.5. The molecule has 1 aromatic heterocycles. The van der Waals surface area contributed by atoms with Crippen LogP contribution in [-0.2, 0) is 6.54 Å². The highest BCUT2D eigenvalue weighted by Gasteiger charge is 2.05. The second-order valence-corrected chi connectivity index (χ2v) is 5.08. The van der Waals surface area contributed by atoms with Crippen molar-refractivity contribution in [2.45, 2.75) is 20.4 Å². The molecule has 0 amide bonds. The minimum atomic E-state index is -0.701. The van der Waals surface area contributed by atoms with E-state index in [0.717, 1.165) is 24.7 Å². The molecule has 6 heteroatoms. The Balaban J connectivity index is 2.03. The van der Waals surface area contributed by atoms with Crippen LogP contribution in [0.5, 0.6) is 11.6 Å². The van der Waals surface area contributed by atoms with Gasteiger partial charge < -0.3 is 10.1 Å². The molecule has 0 unspecified atom stereocenters. The molecule has 4 nitrogen and oxygen atoms in total. The lowest BCUT2D eigenvalue weighted by atomic mass is 10.2. The molecule has 1 heterocycles. The molecule has 112 valence electrons. The Morgan fingerprint density at radius 1 is 1.14 bits per heavy atom. The van der Waals surface area contributed by atoms with E-state index in [1.807, 2.05) is 0 Å². The summed E-state index contributed by atoms with van der Waals surface area (Å²) in [6, 6.07) is 2.97. The largest absolute Gasteiger partial charge is 0.437 e. The minimum absolute atomic E-state index is 0.0501. The van der Waals surface area contributed by atoms with Gasteiger partial charge in [0.15, 0.2) is 0 Å². The zero-order chi connectivity index (χ0) is 15.2. The highest BCUT2D eigenvalue weighted by atomic mass is 19.1. The molecule has 0 aliphatic heterocycles. The van der Waals surface area contributed by atoms with Gasteiger partial charge in [-0.2, -0.15) is 0 Å². The number of nitrogens with zero attached hydrogens (tertiary/aromatic N) is 2. The van der Waals surface area contributed by atoms with Crippen molar-refractivity contribution in [3.8, 4) is 11.6 Å². The topological polar surface area (TPSA) is 47.0 Å². The zero-order valence-electron chi connectivity index (χ0n) is 11.9. The van der Waals surface area contributed by atoms with Gasteiger partial charge in [0.05, 0.1) is 11.9 Å². The first kappa shape index (κ1) is 15.3. The van der Waals surface area contributed by atoms with Crippen molar-refractivity contribution in [2.75, 3.05) is 6.54 Å². The lowest BCUT2D eigenvalue weighted by Gasteiger charge is -2.08. The van der Waals surface area contributed by atoms with Gasteiger partial charge in [0.25, 0.3) is 0 Å². The van der Waals surface area contributed by atoms with Crippen molar-refractivity contribution in [1.82, 2.24) is 15.3 Å². The van der Waals surface area contributed by atoms with E-state index in [4.69, 9.17) is 4.74 Å². The second kappa shape index (κ2) is 7.08. The standard InChI is InChI=1S/C15H17F2N3O/c1-10(2)6-18-7-13-8-19-9-15(20-13)21-14-4-11(16)3-12(17)5-14/h3-5,8-10,18H,6-7H2,1-2H3. The third-order valence-electron chi connectivity index (χ3n) is 2.58. The quantitative estimate of drug-likeness (QED) is 0.887. The van der Waals surface area contributed by atoms with Crippen LogP contribution in [0.15, 0.2) is 30.6 Å². The molecule has 2 aromatic rings. The van der Waals surface area contributed by atoms with Gasteiger partial charge in [0.2, 0.25) is 5.88 Å². The van der Waals surface area contributed by atoms with Crippen LogP contribution in [0.1, 0.15) is 19.5 Å². The third kappa shape index (κ3) is 5.07. The molecule has 0 aliphatic rings. The van der Waals surface area contributed by atoms with Gasteiger partial charge in [0, 0.05) is 30.9 Å². The lowest BCUT2D eigenvalue weighted by Crippen LogP contribution is -2.19. The van der Waals surface area contributed by atoms with Crippen LogP contribution >= 0.6 is 0 Å². The molecule has 0 saturated heterocycles. The summed E-state index contributed by atoms with van der Waals surface area (Å²) in [6.07, 6.45) is 3.01. The first-order valence-corrected chi connectivity index (χ1v) is 6.68. The van der Waals surface area contributed by atoms with Gasteiger partial charge in [-0.15, -0.1) is 0 Å². The van der Waals surface area contributed by atoms with Crippen LogP contribution in [0.4, 0.5) is 8.78 Å². The third-order valence-corrected chi connectivity index (χ3v) is 2.58. The number of hydrogen-bond acceptors (Lipinski definition) is 4. The van der Waals surface area contributed by atoms with Crippen LogP contribution in [0.3, 0.4) is 0 Å². The normalized spacial score (nSPS) is 10.9. The van der Waals surface area contributed by atoms with Crippen molar-refractivity contribution in [3.05, 3.63) is 47.9 Å². The number of ether oxygens (including phenoxy) is 1. The summed E-state index contributed by atoms with van der Waals surface area (Å²) >= 11 is 0.